The predicted octanol–water partition coefficient (Wildman–Crippen LogP) is 1.74. The first-order valence-electron chi connectivity index (χ1n) is 4.04. The van der Waals surface area contributed by atoms with E-state index in [0.717, 1.165) is 11.8 Å². The summed E-state index contributed by atoms with van der Waals surface area (Å²) in [7, 11) is 3.15. The molecule has 0 N–H and O–H groups in total. The molecule has 0 fully saturated rings. The molecule has 0 aliphatic rings. The van der Waals surface area contributed by atoms with Crippen LogP contribution in [0, 0.1) is 0 Å². The molecule has 0 saturated heterocycles. The number of halogens is 3. The molecule has 0 bridgehead atoms. The van der Waals surface area contributed by atoms with Gasteiger partial charge >= 0.3 is 6.18 Å². The van der Waals surface area contributed by atoms with E-state index in [9.17, 15) is 18.0 Å². The summed E-state index contributed by atoms with van der Waals surface area (Å²) >= 11 is 1.39. The maximum absolute atomic E-state index is 12.2. The number of hydrogen-bond acceptors (Lipinski definition) is 5. The highest BCUT2D eigenvalue weighted by Crippen LogP contribution is 2.34. The summed E-state index contributed by atoms with van der Waals surface area (Å²) in [6.07, 6.45) is -4.47. The van der Waals surface area contributed by atoms with Crippen molar-refractivity contribution in [3.8, 4) is 0 Å². The molecule has 0 aliphatic heterocycles. The Bertz CT molecular complexity index is 377. The van der Waals surface area contributed by atoms with Crippen LogP contribution in [0.25, 0.3) is 0 Å². The Labute approximate surface area is 97.8 Å². The van der Waals surface area contributed by atoms with Crippen molar-refractivity contribution in [3.05, 3.63) is 5.01 Å². The van der Waals surface area contributed by atoms with Gasteiger partial charge in [-0.05, 0) is 0 Å². The first kappa shape index (κ1) is 13.2. The Morgan fingerprint density at radius 2 is 2.06 bits per heavy atom. The van der Waals surface area contributed by atoms with Crippen LogP contribution in [0.3, 0.4) is 0 Å². The number of nitrogens with zero attached hydrogens (tertiary/aromatic N) is 3. The van der Waals surface area contributed by atoms with Gasteiger partial charge in [0.05, 0.1) is 5.75 Å². The van der Waals surface area contributed by atoms with E-state index in [4.69, 9.17) is 0 Å². The van der Waals surface area contributed by atoms with Crippen LogP contribution in [-0.2, 0) is 11.0 Å². The lowest BCUT2D eigenvalue weighted by Crippen LogP contribution is -2.23. The van der Waals surface area contributed by atoms with Crippen molar-refractivity contribution >= 4 is 29.0 Å². The summed E-state index contributed by atoms with van der Waals surface area (Å²) in [4.78, 5) is 12.5. The van der Waals surface area contributed by atoms with Gasteiger partial charge in [0.25, 0.3) is 0 Å². The fourth-order valence-corrected chi connectivity index (χ4v) is 2.33. The lowest BCUT2D eigenvalue weighted by molar-refractivity contribution is -0.138. The van der Waals surface area contributed by atoms with Gasteiger partial charge in [-0.2, -0.15) is 13.2 Å². The second-order valence-corrected chi connectivity index (χ2v) is 5.15. The van der Waals surface area contributed by atoms with Crippen LogP contribution in [-0.4, -0.2) is 40.9 Å². The minimum Gasteiger partial charge on any atom is -0.348 e. The molecule has 90 valence electrons. The quantitative estimate of drug-likeness (QED) is 0.786. The third-order valence-corrected chi connectivity index (χ3v) is 3.55. The fraction of sp³-hybridized carbons (Fsp3) is 0.571. The summed E-state index contributed by atoms with van der Waals surface area (Å²) in [5, 5.41) is 5.37. The average molecular weight is 271 g/mol. The van der Waals surface area contributed by atoms with Gasteiger partial charge in [0.1, 0.15) is 0 Å². The van der Waals surface area contributed by atoms with Crippen LogP contribution in [0.2, 0.25) is 0 Å². The number of alkyl halides is 3. The normalized spacial score (nSPS) is 11.6. The summed E-state index contributed by atoms with van der Waals surface area (Å²) in [5.41, 5.74) is 0. The number of rotatable bonds is 3. The monoisotopic (exact) mass is 271 g/mol. The zero-order valence-electron chi connectivity index (χ0n) is 8.41. The van der Waals surface area contributed by atoms with Crippen molar-refractivity contribution in [3.63, 3.8) is 0 Å². The van der Waals surface area contributed by atoms with Crippen molar-refractivity contribution < 1.29 is 18.0 Å². The molecule has 1 aromatic heterocycles. The molecule has 0 saturated carbocycles. The van der Waals surface area contributed by atoms with Gasteiger partial charge in [-0.25, -0.2) is 0 Å². The van der Waals surface area contributed by atoms with Gasteiger partial charge in [-0.1, -0.05) is 23.1 Å². The molecular formula is C7H8F3N3OS2. The van der Waals surface area contributed by atoms with Crippen molar-refractivity contribution in [2.75, 3.05) is 19.8 Å². The molecule has 9 heteroatoms. The van der Waals surface area contributed by atoms with Crippen molar-refractivity contribution in [1.29, 1.82) is 0 Å². The smallest absolute Gasteiger partial charge is 0.348 e. The second kappa shape index (κ2) is 5.00. The Hall–Kier alpha value is -0.830. The SMILES string of the molecule is CN(C)C(=O)CSc1nnc(C(F)(F)F)s1. The third-order valence-electron chi connectivity index (χ3n) is 1.47. The van der Waals surface area contributed by atoms with E-state index in [1.165, 1.54) is 4.90 Å². The van der Waals surface area contributed by atoms with Gasteiger partial charge in [-0.3, -0.25) is 4.79 Å². The number of carbonyl (C=O) groups is 1. The molecule has 4 nitrogen and oxygen atoms in total. The van der Waals surface area contributed by atoms with Gasteiger partial charge in [0.2, 0.25) is 10.9 Å². The predicted molar refractivity (Wildman–Crippen MR) is 54.3 cm³/mol. The van der Waals surface area contributed by atoms with Crippen molar-refractivity contribution in [2.45, 2.75) is 10.5 Å². The third kappa shape index (κ3) is 3.63. The largest absolute Gasteiger partial charge is 0.445 e. The number of hydrogen-bond donors (Lipinski definition) is 0. The van der Waals surface area contributed by atoms with Gasteiger partial charge in [-0.15, -0.1) is 10.2 Å². The minimum absolute atomic E-state index is 0.0551. The van der Waals surface area contributed by atoms with Crippen LogP contribution in [0.1, 0.15) is 5.01 Å². The zero-order valence-corrected chi connectivity index (χ0v) is 10.0. The highest BCUT2D eigenvalue weighted by molar-refractivity contribution is 8.01. The molecule has 1 rings (SSSR count). The first-order chi connectivity index (χ1) is 7.30. The number of thioether (sulfide) groups is 1. The molecule has 0 aromatic carbocycles. The lowest BCUT2D eigenvalue weighted by atomic mass is 10.6. The number of amides is 1. The van der Waals surface area contributed by atoms with Crippen LogP contribution in [0.15, 0.2) is 4.34 Å². The van der Waals surface area contributed by atoms with E-state index in [0.29, 0.717) is 11.3 Å². The van der Waals surface area contributed by atoms with E-state index in [1.54, 1.807) is 14.1 Å². The molecule has 16 heavy (non-hydrogen) atoms. The van der Waals surface area contributed by atoms with Crippen molar-refractivity contribution in [1.82, 2.24) is 15.1 Å². The molecular weight excluding hydrogens is 263 g/mol. The average Bonchev–Trinajstić information content (AvgIpc) is 2.61. The molecule has 0 radical (unpaired) electrons. The Kier molecular flexibility index (Phi) is 4.14. The lowest BCUT2D eigenvalue weighted by Gasteiger charge is -2.07. The maximum atomic E-state index is 12.2. The summed E-state index contributed by atoms with van der Waals surface area (Å²) in [6, 6.07) is 0. The van der Waals surface area contributed by atoms with E-state index >= 15 is 0 Å². The van der Waals surface area contributed by atoms with Gasteiger partial charge in [0.15, 0.2) is 4.34 Å². The Morgan fingerprint density at radius 1 is 1.44 bits per heavy atom. The first-order valence-corrected chi connectivity index (χ1v) is 5.84. The van der Waals surface area contributed by atoms with E-state index in [1.807, 2.05) is 0 Å². The number of carbonyl (C=O) groups excluding carboxylic acids is 1. The highest BCUT2D eigenvalue weighted by Gasteiger charge is 2.35. The summed E-state index contributed by atoms with van der Waals surface area (Å²) in [6.45, 7) is 0. The van der Waals surface area contributed by atoms with Crippen LogP contribution in [0.4, 0.5) is 13.2 Å². The highest BCUT2D eigenvalue weighted by atomic mass is 32.2. The molecule has 0 atom stereocenters. The van der Waals surface area contributed by atoms with Crippen LogP contribution < -0.4 is 0 Å². The molecule has 1 amide bonds. The maximum Gasteiger partial charge on any atom is 0.445 e. The van der Waals surface area contributed by atoms with Crippen LogP contribution in [0.5, 0.6) is 0 Å². The summed E-state index contributed by atoms with van der Waals surface area (Å²) < 4.78 is 36.6. The van der Waals surface area contributed by atoms with E-state index in [-0.39, 0.29) is 16.0 Å². The fourth-order valence-electron chi connectivity index (χ4n) is 0.635. The van der Waals surface area contributed by atoms with Gasteiger partial charge in [0, 0.05) is 14.1 Å². The topological polar surface area (TPSA) is 46.1 Å². The second-order valence-electron chi connectivity index (χ2n) is 2.95. The number of aromatic nitrogens is 2. The minimum atomic E-state index is -4.47. The van der Waals surface area contributed by atoms with E-state index in [2.05, 4.69) is 10.2 Å². The molecule has 0 unspecified atom stereocenters. The van der Waals surface area contributed by atoms with Crippen LogP contribution >= 0.6 is 23.1 Å². The van der Waals surface area contributed by atoms with Crippen molar-refractivity contribution in [2.24, 2.45) is 0 Å². The zero-order chi connectivity index (χ0) is 12.3. The summed E-state index contributed by atoms with van der Waals surface area (Å²) in [5.74, 6) is -0.131. The Balaban J connectivity index is 2.57. The molecule has 1 heterocycles. The molecule has 0 aliphatic carbocycles. The van der Waals surface area contributed by atoms with Gasteiger partial charge < -0.3 is 4.90 Å². The van der Waals surface area contributed by atoms with E-state index < -0.39 is 11.2 Å². The molecule has 0 spiro atoms. The Morgan fingerprint density at radius 3 is 2.50 bits per heavy atom. The standard InChI is InChI=1S/C7H8F3N3OS2/c1-13(2)4(14)3-15-6-12-11-5(16-6)7(8,9)10/h3H2,1-2H3. The molecule has 1 aromatic rings.